The summed E-state index contributed by atoms with van der Waals surface area (Å²) in [4.78, 5) is 5.85. The van der Waals surface area contributed by atoms with E-state index < -0.39 is 0 Å². The van der Waals surface area contributed by atoms with Crippen LogP contribution in [0.2, 0.25) is 5.02 Å². The van der Waals surface area contributed by atoms with Gasteiger partial charge in [-0.05, 0) is 43.0 Å². The van der Waals surface area contributed by atoms with E-state index in [4.69, 9.17) is 27.6 Å². The number of aromatic nitrogens is 2. The predicted octanol–water partition coefficient (Wildman–Crippen LogP) is 5.11. The summed E-state index contributed by atoms with van der Waals surface area (Å²) in [7, 11) is 3.37. The molecule has 1 aromatic heterocycles. The molecule has 8 heteroatoms. The number of hydrogen-bond acceptors (Lipinski definition) is 6. The van der Waals surface area contributed by atoms with Gasteiger partial charge in [0.2, 0.25) is 0 Å². The molecule has 0 radical (unpaired) electrons. The van der Waals surface area contributed by atoms with Crippen LogP contribution >= 0.6 is 11.6 Å². The van der Waals surface area contributed by atoms with Crippen molar-refractivity contribution in [2.24, 2.45) is 0 Å². The number of ether oxygens (including phenoxy) is 2. The maximum atomic E-state index is 7.41. The number of nitrogens with one attached hydrogen (secondary N) is 1. The van der Waals surface area contributed by atoms with Crippen molar-refractivity contribution in [2.45, 2.75) is 25.4 Å². The van der Waals surface area contributed by atoms with Gasteiger partial charge in [0.25, 0.3) is 0 Å². The van der Waals surface area contributed by atoms with Crippen molar-refractivity contribution < 1.29 is 9.47 Å². The van der Waals surface area contributed by atoms with Crippen LogP contribution in [-0.2, 0) is 11.2 Å². The highest BCUT2D eigenvalue weighted by Gasteiger charge is 2.22. The molecular formula is C24H26ClN5O2. The van der Waals surface area contributed by atoms with Gasteiger partial charge in [0.15, 0.2) is 17.3 Å². The molecular weight excluding hydrogens is 426 g/mol. The summed E-state index contributed by atoms with van der Waals surface area (Å²) in [6.07, 6.45) is 2.99. The Bertz CT molecular complexity index is 1140. The molecule has 7 nitrogen and oxygen atoms in total. The van der Waals surface area contributed by atoms with E-state index >= 15 is 0 Å². The molecule has 1 saturated heterocycles. The van der Waals surface area contributed by atoms with Crippen molar-refractivity contribution in [2.75, 3.05) is 44.1 Å². The summed E-state index contributed by atoms with van der Waals surface area (Å²) in [6, 6.07) is 11.5. The van der Waals surface area contributed by atoms with Crippen LogP contribution in [-0.4, -0.2) is 50.2 Å². The monoisotopic (exact) mass is 451 g/mol. The Morgan fingerprint density at radius 3 is 2.62 bits per heavy atom. The number of halogens is 1. The van der Waals surface area contributed by atoms with Crippen LogP contribution in [0, 0.1) is 6.57 Å². The Morgan fingerprint density at radius 2 is 1.94 bits per heavy atom. The molecule has 0 unspecified atom stereocenters. The van der Waals surface area contributed by atoms with Crippen molar-refractivity contribution in [1.82, 2.24) is 10.2 Å². The normalized spacial score (nSPS) is 14.4. The standard InChI is InChI=1S/C24H26ClN5O2/c1-26-17-5-6-19-20(15-17)23(27-11-8-16-4-7-22(32-3)21(25)14-16)28-29-24(19)30-12-9-18(31-2)10-13-30/h4-7,14-15,18H,8-13H2,2-3H3,(H,27,28). The zero-order valence-corrected chi connectivity index (χ0v) is 19.0. The highest BCUT2D eigenvalue weighted by molar-refractivity contribution is 6.32. The minimum absolute atomic E-state index is 0.298. The highest BCUT2D eigenvalue weighted by atomic mass is 35.5. The summed E-state index contributed by atoms with van der Waals surface area (Å²) in [5.74, 6) is 2.20. The van der Waals surface area contributed by atoms with Crippen LogP contribution in [0.15, 0.2) is 36.4 Å². The van der Waals surface area contributed by atoms with E-state index in [1.54, 1.807) is 14.2 Å². The summed E-state index contributed by atoms with van der Waals surface area (Å²) >= 11 is 6.24. The molecule has 1 fully saturated rings. The van der Waals surface area contributed by atoms with Crippen LogP contribution in [0.5, 0.6) is 5.75 Å². The van der Waals surface area contributed by atoms with Gasteiger partial charge in [0.1, 0.15) is 5.75 Å². The maximum absolute atomic E-state index is 7.41. The molecule has 1 N–H and O–H groups in total. The minimum atomic E-state index is 0.298. The van der Waals surface area contributed by atoms with E-state index in [9.17, 15) is 0 Å². The average Bonchev–Trinajstić information content (AvgIpc) is 2.84. The summed E-state index contributed by atoms with van der Waals surface area (Å²) < 4.78 is 10.7. The number of piperidine rings is 1. The first-order valence-corrected chi connectivity index (χ1v) is 11.0. The predicted molar refractivity (Wildman–Crippen MR) is 128 cm³/mol. The van der Waals surface area contributed by atoms with E-state index in [1.807, 2.05) is 36.4 Å². The SMILES string of the molecule is [C-]#[N+]c1ccc2c(N3CCC(OC)CC3)nnc(NCCc3ccc(OC)c(Cl)c3)c2c1. The van der Waals surface area contributed by atoms with Crippen LogP contribution in [0.1, 0.15) is 18.4 Å². The fraction of sp³-hybridized carbons (Fsp3) is 0.375. The van der Waals surface area contributed by atoms with Gasteiger partial charge in [-0.25, -0.2) is 4.85 Å². The molecule has 0 spiro atoms. The summed E-state index contributed by atoms with van der Waals surface area (Å²) in [5.41, 5.74) is 1.68. The smallest absolute Gasteiger partial charge is 0.188 e. The Hall–Kier alpha value is -3.08. The Morgan fingerprint density at radius 1 is 1.12 bits per heavy atom. The summed E-state index contributed by atoms with van der Waals surface area (Å²) in [6.45, 7) is 9.81. The van der Waals surface area contributed by atoms with Gasteiger partial charge in [-0.1, -0.05) is 29.8 Å². The Balaban J connectivity index is 1.55. The lowest BCUT2D eigenvalue weighted by molar-refractivity contribution is 0.0818. The van der Waals surface area contributed by atoms with E-state index in [-0.39, 0.29) is 0 Å². The molecule has 0 aliphatic carbocycles. The second-order valence-corrected chi connectivity index (χ2v) is 8.19. The number of fused-ring (bicyclic) bond motifs is 1. The lowest BCUT2D eigenvalue weighted by Crippen LogP contribution is -2.37. The van der Waals surface area contributed by atoms with Crippen molar-refractivity contribution in [3.05, 3.63) is 58.4 Å². The molecule has 2 aromatic carbocycles. The van der Waals surface area contributed by atoms with Gasteiger partial charge in [-0.2, -0.15) is 0 Å². The molecule has 1 aliphatic rings. The topological polar surface area (TPSA) is 63.9 Å². The van der Waals surface area contributed by atoms with Crippen LogP contribution < -0.4 is 15.0 Å². The first kappa shape index (κ1) is 22.1. The third kappa shape index (κ3) is 4.72. The zero-order chi connectivity index (χ0) is 22.5. The van der Waals surface area contributed by atoms with E-state index in [0.29, 0.717) is 34.9 Å². The highest BCUT2D eigenvalue weighted by Crippen LogP contribution is 2.33. The maximum Gasteiger partial charge on any atom is 0.188 e. The summed E-state index contributed by atoms with van der Waals surface area (Å²) in [5, 5.41) is 14.9. The van der Waals surface area contributed by atoms with Crippen LogP contribution in [0.4, 0.5) is 17.3 Å². The quantitative estimate of drug-likeness (QED) is 0.503. The number of hydrogen-bond donors (Lipinski definition) is 1. The molecule has 0 amide bonds. The Labute approximate surface area is 193 Å². The lowest BCUT2D eigenvalue weighted by Gasteiger charge is -2.32. The zero-order valence-electron chi connectivity index (χ0n) is 18.3. The molecule has 166 valence electrons. The molecule has 4 rings (SSSR count). The molecule has 2 heterocycles. The van der Waals surface area contributed by atoms with Gasteiger partial charge in [-0.15, -0.1) is 10.2 Å². The number of methoxy groups -OCH3 is 2. The van der Waals surface area contributed by atoms with Crippen LogP contribution in [0.25, 0.3) is 15.6 Å². The molecule has 1 aliphatic heterocycles. The minimum Gasteiger partial charge on any atom is -0.495 e. The van der Waals surface area contributed by atoms with Crippen molar-refractivity contribution >= 4 is 39.7 Å². The second kappa shape index (κ2) is 10.0. The van der Waals surface area contributed by atoms with Gasteiger partial charge in [0.05, 0.1) is 24.8 Å². The fourth-order valence-corrected chi connectivity index (χ4v) is 4.34. The molecule has 0 saturated carbocycles. The lowest BCUT2D eigenvalue weighted by atomic mass is 10.1. The first-order valence-electron chi connectivity index (χ1n) is 10.6. The third-order valence-corrected chi connectivity index (χ3v) is 6.17. The molecule has 0 atom stereocenters. The molecule has 32 heavy (non-hydrogen) atoms. The molecule has 3 aromatic rings. The van der Waals surface area contributed by atoms with Gasteiger partial charge >= 0.3 is 0 Å². The second-order valence-electron chi connectivity index (χ2n) is 7.78. The van der Waals surface area contributed by atoms with E-state index in [1.165, 1.54) is 0 Å². The first-order chi connectivity index (χ1) is 15.6. The van der Waals surface area contributed by atoms with Crippen molar-refractivity contribution in [1.29, 1.82) is 0 Å². The fourth-order valence-electron chi connectivity index (χ4n) is 4.06. The Kier molecular flexibility index (Phi) is 6.93. The third-order valence-electron chi connectivity index (χ3n) is 5.87. The van der Waals surface area contributed by atoms with Crippen molar-refractivity contribution in [3.8, 4) is 5.75 Å². The van der Waals surface area contributed by atoms with E-state index in [2.05, 4.69) is 25.3 Å². The van der Waals surface area contributed by atoms with Gasteiger partial charge in [-0.3, -0.25) is 0 Å². The van der Waals surface area contributed by atoms with Crippen molar-refractivity contribution in [3.63, 3.8) is 0 Å². The number of rotatable bonds is 7. The number of benzene rings is 2. The molecule has 0 bridgehead atoms. The van der Waals surface area contributed by atoms with E-state index in [0.717, 1.165) is 54.5 Å². The number of nitrogens with zero attached hydrogens (tertiary/aromatic N) is 4. The van der Waals surface area contributed by atoms with Gasteiger partial charge < -0.3 is 19.7 Å². The average molecular weight is 452 g/mol. The number of anilines is 2. The largest absolute Gasteiger partial charge is 0.495 e. The van der Waals surface area contributed by atoms with Gasteiger partial charge in [0, 0.05) is 37.5 Å². The van der Waals surface area contributed by atoms with Crippen LogP contribution in [0.3, 0.4) is 0 Å².